The fourth-order valence-electron chi connectivity index (χ4n) is 3.38. The molecular formula is C27H31N5O4. The highest BCUT2D eigenvalue weighted by Crippen LogP contribution is 2.28. The molecule has 0 atom stereocenters. The summed E-state index contributed by atoms with van der Waals surface area (Å²) in [5.41, 5.74) is 1.83. The van der Waals surface area contributed by atoms with E-state index in [0.29, 0.717) is 28.6 Å². The van der Waals surface area contributed by atoms with E-state index in [1.54, 1.807) is 12.1 Å². The standard InChI is InChI=1S/C27H31N5O4/c1-26(2,3)36-25(34)32-27(4,5)20-11-9-18(10-12-20)23-19(16-28)17-29-24(31-23)30-21-7-6-8-22(15-21)35-14-13-33/h6-12,15,17,33H,13-14H2,1-5H3,(H,32,34)(H,29,30,31). The molecule has 1 heterocycles. The molecule has 3 rings (SSSR count). The van der Waals surface area contributed by atoms with Crippen molar-refractivity contribution in [3.63, 3.8) is 0 Å². The smallest absolute Gasteiger partial charge is 0.408 e. The second kappa shape index (κ2) is 11.1. The summed E-state index contributed by atoms with van der Waals surface area (Å²) in [6.07, 6.45) is 0.972. The molecular weight excluding hydrogens is 458 g/mol. The van der Waals surface area contributed by atoms with Gasteiger partial charge >= 0.3 is 6.09 Å². The lowest BCUT2D eigenvalue weighted by molar-refractivity contribution is 0.0470. The molecule has 36 heavy (non-hydrogen) atoms. The van der Waals surface area contributed by atoms with Gasteiger partial charge < -0.3 is 25.2 Å². The number of nitrogens with zero attached hydrogens (tertiary/aromatic N) is 3. The third-order valence-corrected chi connectivity index (χ3v) is 5.05. The van der Waals surface area contributed by atoms with Gasteiger partial charge in [0.15, 0.2) is 0 Å². The number of hydrogen-bond donors (Lipinski definition) is 3. The third-order valence-electron chi connectivity index (χ3n) is 5.05. The first kappa shape index (κ1) is 26.4. The number of aliphatic hydroxyl groups is 1. The molecule has 0 fully saturated rings. The van der Waals surface area contributed by atoms with E-state index in [2.05, 4.69) is 26.7 Å². The number of amides is 1. The Morgan fingerprint density at radius 3 is 2.47 bits per heavy atom. The fourth-order valence-corrected chi connectivity index (χ4v) is 3.38. The van der Waals surface area contributed by atoms with Crippen LogP contribution in [0.2, 0.25) is 0 Å². The van der Waals surface area contributed by atoms with Crippen LogP contribution in [0, 0.1) is 11.3 Å². The molecule has 0 saturated heterocycles. The van der Waals surface area contributed by atoms with Gasteiger partial charge in [-0.15, -0.1) is 0 Å². The van der Waals surface area contributed by atoms with Crippen LogP contribution < -0.4 is 15.4 Å². The molecule has 0 radical (unpaired) electrons. The zero-order chi connectivity index (χ0) is 26.3. The van der Waals surface area contributed by atoms with Crippen LogP contribution in [0.5, 0.6) is 5.75 Å². The van der Waals surface area contributed by atoms with Crippen LogP contribution in [0.3, 0.4) is 0 Å². The Bertz CT molecular complexity index is 1240. The molecule has 0 bridgehead atoms. The van der Waals surface area contributed by atoms with Crippen LogP contribution in [0.4, 0.5) is 16.4 Å². The number of ether oxygens (including phenoxy) is 2. The van der Waals surface area contributed by atoms with Gasteiger partial charge in [0.05, 0.1) is 29.6 Å². The van der Waals surface area contributed by atoms with Crippen molar-refractivity contribution in [3.05, 3.63) is 65.9 Å². The Morgan fingerprint density at radius 2 is 1.83 bits per heavy atom. The lowest BCUT2D eigenvalue weighted by Crippen LogP contribution is -2.43. The number of nitriles is 1. The van der Waals surface area contributed by atoms with Crippen molar-refractivity contribution in [2.75, 3.05) is 18.5 Å². The predicted octanol–water partition coefficient (Wildman–Crippen LogP) is 4.89. The molecule has 0 saturated carbocycles. The first-order valence-electron chi connectivity index (χ1n) is 11.5. The number of aromatic nitrogens is 2. The van der Waals surface area contributed by atoms with Crippen molar-refractivity contribution in [2.24, 2.45) is 0 Å². The summed E-state index contributed by atoms with van der Waals surface area (Å²) in [7, 11) is 0. The van der Waals surface area contributed by atoms with Gasteiger partial charge in [-0.05, 0) is 52.3 Å². The summed E-state index contributed by atoms with van der Waals surface area (Å²) in [4.78, 5) is 21.1. The number of nitrogens with one attached hydrogen (secondary N) is 2. The second-order valence-electron chi connectivity index (χ2n) is 9.62. The Labute approximate surface area is 211 Å². The number of carbonyl (C=O) groups excluding carboxylic acids is 1. The minimum absolute atomic E-state index is 0.0766. The number of alkyl carbamates (subject to hydrolysis) is 1. The quantitative estimate of drug-likeness (QED) is 0.408. The van der Waals surface area contributed by atoms with E-state index in [-0.39, 0.29) is 13.2 Å². The van der Waals surface area contributed by atoms with E-state index in [0.717, 1.165) is 11.1 Å². The van der Waals surface area contributed by atoms with Crippen molar-refractivity contribution in [3.8, 4) is 23.1 Å². The van der Waals surface area contributed by atoms with Gasteiger partial charge in [-0.3, -0.25) is 0 Å². The number of carbonyl (C=O) groups is 1. The van der Waals surface area contributed by atoms with E-state index in [4.69, 9.17) is 14.6 Å². The average molecular weight is 490 g/mol. The van der Waals surface area contributed by atoms with Gasteiger partial charge in [0.1, 0.15) is 24.0 Å². The van der Waals surface area contributed by atoms with Crippen molar-refractivity contribution in [1.29, 1.82) is 5.26 Å². The topological polar surface area (TPSA) is 129 Å². The Kier molecular flexibility index (Phi) is 8.12. The van der Waals surface area contributed by atoms with Crippen LogP contribution >= 0.6 is 0 Å². The molecule has 0 aliphatic rings. The summed E-state index contributed by atoms with van der Waals surface area (Å²) in [5.74, 6) is 0.917. The first-order chi connectivity index (χ1) is 17.0. The number of aliphatic hydroxyl groups excluding tert-OH is 1. The minimum Gasteiger partial charge on any atom is -0.491 e. The Balaban J connectivity index is 1.82. The molecule has 0 spiro atoms. The lowest BCUT2D eigenvalue weighted by atomic mass is 9.93. The maximum Gasteiger partial charge on any atom is 0.408 e. The molecule has 0 aliphatic carbocycles. The monoisotopic (exact) mass is 489 g/mol. The molecule has 1 aromatic heterocycles. The van der Waals surface area contributed by atoms with Gasteiger partial charge in [0, 0.05) is 17.3 Å². The van der Waals surface area contributed by atoms with Gasteiger partial charge in [-0.2, -0.15) is 5.26 Å². The molecule has 9 nitrogen and oxygen atoms in total. The summed E-state index contributed by atoms with van der Waals surface area (Å²) >= 11 is 0. The lowest BCUT2D eigenvalue weighted by Gasteiger charge is -2.29. The second-order valence-corrected chi connectivity index (χ2v) is 9.62. The van der Waals surface area contributed by atoms with Gasteiger partial charge in [-0.1, -0.05) is 30.3 Å². The minimum atomic E-state index is -0.680. The first-order valence-corrected chi connectivity index (χ1v) is 11.5. The van der Waals surface area contributed by atoms with Gasteiger partial charge in [0.2, 0.25) is 5.95 Å². The summed E-state index contributed by atoms with van der Waals surface area (Å²) < 4.78 is 10.8. The largest absolute Gasteiger partial charge is 0.491 e. The van der Waals surface area contributed by atoms with Crippen molar-refractivity contribution >= 4 is 17.7 Å². The number of benzene rings is 2. The third kappa shape index (κ3) is 7.17. The Hall–Kier alpha value is -4.16. The molecule has 188 valence electrons. The highest BCUT2D eigenvalue weighted by Gasteiger charge is 2.26. The van der Waals surface area contributed by atoms with Crippen LogP contribution in [-0.2, 0) is 10.3 Å². The number of rotatable bonds is 8. The highest BCUT2D eigenvalue weighted by molar-refractivity contribution is 5.70. The zero-order valence-electron chi connectivity index (χ0n) is 21.1. The normalized spacial score (nSPS) is 11.4. The van der Waals surface area contributed by atoms with Crippen LogP contribution in [0.25, 0.3) is 11.3 Å². The van der Waals surface area contributed by atoms with Crippen LogP contribution in [0.1, 0.15) is 45.7 Å². The van der Waals surface area contributed by atoms with Crippen molar-refractivity contribution in [1.82, 2.24) is 15.3 Å². The molecule has 3 N–H and O–H groups in total. The van der Waals surface area contributed by atoms with Crippen molar-refractivity contribution < 1.29 is 19.4 Å². The SMILES string of the molecule is CC(C)(C)OC(=O)NC(C)(C)c1ccc(-c2nc(Nc3cccc(OCCO)c3)ncc2C#N)cc1. The van der Waals surface area contributed by atoms with E-state index < -0.39 is 17.2 Å². The molecule has 1 amide bonds. The fraction of sp³-hybridized carbons (Fsp3) is 0.333. The molecule has 0 unspecified atom stereocenters. The van der Waals surface area contributed by atoms with E-state index in [1.165, 1.54) is 6.20 Å². The van der Waals surface area contributed by atoms with Crippen LogP contribution in [0.15, 0.2) is 54.7 Å². The Morgan fingerprint density at radius 1 is 1.11 bits per heavy atom. The molecule has 2 aromatic carbocycles. The highest BCUT2D eigenvalue weighted by atomic mass is 16.6. The summed E-state index contributed by atoms with van der Waals surface area (Å²) in [6, 6.07) is 16.8. The average Bonchev–Trinajstić information content (AvgIpc) is 2.81. The maximum absolute atomic E-state index is 12.3. The molecule has 9 heteroatoms. The number of anilines is 2. The maximum atomic E-state index is 12.3. The van der Waals surface area contributed by atoms with Crippen molar-refractivity contribution in [2.45, 2.75) is 45.8 Å². The van der Waals surface area contributed by atoms with E-state index in [9.17, 15) is 10.1 Å². The molecule has 3 aromatic rings. The predicted molar refractivity (Wildman–Crippen MR) is 137 cm³/mol. The zero-order valence-corrected chi connectivity index (χ0v) is 21.1. The molecule has 0 aliphatic heterocycles. The summed E-state index contributed by atoms with van der Waals surface area (Å²) in [5, 5.41) is 24.6. The van der Waals surface area contributed by atoms with E-state index >= 15 is 0 Å². The van der Waals surface area contributed by atoms with Gasteiger partial charge in [0.25, 0.3) is 0 Å². The van der Waals surface area contributed by atoms with Crippen LogP contribution in [-0.4, -0.2) is 40.0 Å². The summed E-state index contributed by atoms with van der Waals surface area (Å²) in [6.45, 7) is 9.33. The van der Waals surface area contributed by atoms with Gasteiger partial charge in [-0.25, -0.2) is 14.8 Å². The van der Waals surface area contributed by atoms with E-state index in [1.807, 2.05) is 71.0 Å². The number of hydrogen-bond acceptors (Lipinski definition) is 8.